The number of ketones is 1. The van der Waals surface area contributed by atoms with Crippen LogP contribution >= 0.6 is 11.8 Å². The van der Waals surface area contributed by atoms with Crippen LogP contribution in [-0.4, -0.2) is 30.2 Å². The van der Waals surface area contributed by atoms with Gasteiger partial charge in [0.2, 0.25) is 5.78 Å². The maximum atomic E-state index is 13.5. The number of Topliss-reactive ketones (excluding diaryl/α,β-unsaturated/α-hetero) is 1. The first-order chi connectivity index (χ1) is 12.9. The minimum absolute atomic E-state index is 0.116. The number of fused-ring (bicyclic) bond motifs is 1. The average molecular weight is 388 g/mol. The Kier molecular flexibility index (Phi) is 5.56. The largest absolute Gasteiger partial charge is 0.478 e. The van der Waals surface area contributed by atoms with E-state index in [2.05, 4.69) is 4.74 Å². The van der Waals surface area contributed by atoms with Gasteiger partial charge in [0, 0.05) is 22.9 Å². The van der Waals surface area contributed by atoms with Crippen LogP contribution in [0, 0.1) is 12.7 Å². The van der Waals surface area contributed by atoms with Gasteiger partial charge < -0.3 is 9.47 Å². The van der Waals surface area contributed by atoms with E-state index < -0.39 is 5.60 Å². The van der Waals surface area contributed by atoms with Gasteiger partial charge in [-0.05, 0) is 42.7 Å². The fraction of sp³-hybridized carbons (Fsp3) is 0.333. The van der Waals surface area contributed by atoms with Crippen molar-refractivity contribution in [2.24, 2.45) is 0 Å². The molecule has 2 aromatic carbocycles. The lowest BCUT2D eigenvalue weighted by Gasteiger charge is -2.26. The molecule has 0 saturated carbocycles. The highest BCUT2D eigenvalue weighted by Gasteiger charge is 2.45. The van der Waals surface area contributed by atoms with Crippen LogP contribution in [0.4, 0.5) is 4.39 Å². The first-order valence-corrected chi connectivity index (χ1v) is 9.69. The molecule has 0 saturated heterocycles. The van der Waals surface area contributed by atoms with Crippen molar-refractivity contribution >= 4 is 23.5 Å². The predicted octanol–water partition coefficient (Wildman–Crippen LogP) is 4.37. The standard InChI is InChI=1S/C21H21FO4S/c1-4-21(11-15-5-7-16(22)10-17(15)26-21)20(24)14-6-8-18(13(2)9-14)27-12-19(23)25-3/h5-10H,4,11-12H2,1-3H3. The number of ether oxygens (including phenoxy) is 2. The van der Waals surface area contributed by atoms with E-state index in [1.165, 1.54) is 31.0 Å². The normalized spacial score (nSPS) is 17.9. The Labute approximate surface area is 162 Å². The summed E-state index contributed by atoms with van der Waals surface area (Å²) in [5.41, 5.74) is 1.28. The molecule has 0 fully saturated rings. The van der Waals surface area contributed by atoms with E-state index in [0.29, 0.717) is 24.2 Å². The molecule has 1 aliphatic rings. The van der Waals surface area contributed by atoms with Crippen LogP contribution in [-0.2, 0) is 16.0 Å². The number of carbonyl (C=O) groups excluding carboxylic acids is 2. The number of esters is 1. The first-order valence-electron chi connectivity index (χ1n) is 8.71. The smallest absolute Gasteiger partial charge is 0.315 e. The first kappa shape index (κ1) is 19.4. The zero-order valence-corrected chi connectivity index (χ0v) is 16.3. The molecule has 1 unspecified atom stereocenters. The molecule has 0 spiro atoms. The van der Waals surface area contributed by atoms with Gasteiger partial charge in [-0.25, -0.2) is 4.39 Å². The Bertz CT molecular complexity index is 896. The number of thioether (sulfide) groups is 1. The number of benzene rings is 2. The van der Waals surface area contributed by atoms with Gasteiger partial charge in [-0.1, -0.05) is 19.1 Å². The van der Waals surface area contributed by atoms with Gasteiger partial charge >= 0.3 is 5.97 Å². The zero-order valence-electron chi connectivity index (χ0n) is 15.5. The van der Waals surface area contributed by atoms with E-state index in [0.717, 1.165) is 16.0 Å². The minimum atomic E-state index is -1.01. The maximum Gasteiger partial charge on any atom is 0.315 e. The van der Waals surface area contributed by atoms with E-state index >= 15 is 0 Å². The molecule has 4 nitrogen and oxygen atoms in total. The van der Waals surface area contributed by atoms with E-state index in [9.17, 15) is 14.0 Å². The third-order valence-corrected chi connectivity index (χ3v) is 5.95. The lowest BCUT2D eigenvalue weighted by atomic mass is 9.86. The van der Waals surface area contributed by atoms with Crippen molar-refractivity contribution in [3.05, 3.63) is 58.9 Å². The number of methoxy groups -OCH3 is 1. The Morgan fingerprint density at radius 3 is 2.70 bits per heavy atom. The second-order valence-corrected chi connectivity index (χ2v) is 7.57. The topological polar surface area (TPSA) is 52.6 Å². The van der Waals surface area contributed by atoms with Crippen LogP contribution in [0.15, 0.2) is 41.3 Å². The van der Waals surface area contributed by atoms with Crippen molar-refractivity contribution in [1.29, 1.82) is 0 Å². The molecule has 0 amide bonds. The second kappa shape index (κ2) is 7.72. The van der Waals surface area contributed by atoms with Crippen LogP contribution in [0.2, 0.25) is 0 Å². The van der Waals surface area contributed by atoms with Crippen molar-refractivity contribution in [3.63, 3.8) is 0 Å². The Morgan fingerprint density at radius 1 is 1.26 bits per heavy atom. The summed E-state index contributed by atoms with van der Waals surface area (Å²) >= 11 is 1.37. The molecule has 0 N–H and O–H groups in total. The summed E-state index contributed by atoms with van der Waals surface area (Å²) in [6.45, 7) is 3.79. The van der Waals surface area contributed by atoms with Crippen molar-refractivity contribution < 1.29 is 23.5 Å². The highest BCUT2D eigenvalue weighted by Crippen LogP contribution is 2.39. The van der Waals surface area contributed by atoms with Crippen molar-refractivity contribution in [1.82, 2.24) is 0 Å². The predicted molar refractivity (Wildman–Crippen MR) is 102 cm³/mol. The number of rotatable bonds is 6. The highest BCUT2D eigenvalue weighted by molar-refractivity contribution is 8.00. The van der Waals surface area contributed by atoms with Gasteiger partial charge in [0.15, 0.2) is 5.60 Å². The summed E-state index contributed by atoms with van der Waals surface area (Å²) in [6, 6.07) is 9.79. The van der Waals surface area contributed by atoms with Crippen molar-refractivity contribution in [3.8, 4) is 5.75 Å². The van der Waals surface area contributed by atoms with Crippen LogP contribution < -0.4 is 4.74 Å². The quantitative estimate of drug-likeness (QED) is 0.418. The number of hydrogen-bond donors (Lipinski definition) is 0. The summed E-state index contributed by atoms with van der Waals surface area (Å²) in [5, 5.41) is 0. The molecule has 142 valence electrons. The second-order valence-electron chi connectivity index (χ2n) is 6.55. The molecule has 0 aliphatic carbocycles. The number of carbonyl (C=O) groups is 2. The fourth-order valence-electron chi connectivity index (χ4n) is 3.22. The molecule has 0 radical (unpaired) electrons. The summed E-state index contributed by atoms with van der Waals surface area (Å²) in [7, 11) is 1.35. The van der Waals surface area contributed by atoms with Gasteiger partial charge in [-0.3, -0.25) is 9.59 Å². The molecular weight excluding hydrogens is 367 g/mol. The fourth-order valence-corrected chi connectivity index (χ4v) is 4.06. The van der Waals surface area contributed by atoms with Gasteiger partial charge in [0.25, 0.3) is 0 Å². The molecule has 2 aromatic rings. The SMILES string of the molecule is CCC1(C(=O)c2ccc(SCC(=O)OC)c(C)c2)Cc2ccc(F)cc2O1. The van der Waals surface area contributed by atoms with Crippen LogP contribution in [0.1, 0.15) is 34.8 Å². The molecule has 0 aromatic heterocycles. The Hall–Kier alpha value is -2.34. The van der Waals surface area contributed by atoms with Crippen LogP contribution in [0.25, 0.3) is 0 Å². The van der Waals surface area contributed by atoms with E-state index in [1.54, 1.807) is 12.1 Å². The number of aryl methyl sites for hydroxylation is 1. The minimum Gasteiger partial charge on any atom is -0.478 e. The summed E-state index contributed by atoms with van der Waals surface area (Å²) < 4.78 is 24.1. The summed E-state index contributed by atoms with van der Waals surface area (Å²) in [6.07, 6.45) is 0.913. The lowest BCUT2D eigenvalue weighted by Crippen LogP contribution is -2.42. The molecule has 1 aliphatic heterocycles. The van der Waals surface area contributed by atoms with Gasteiger partial charge in [0.05, 0.1) is 12.9 Å². The van der Waals surface area contributed by atoms with Gasteiger partial charge in [-0.2, -0.15) is 0 Å². The summed E-state index contributed by atoms with van der Waals surface area (Å²) in [5.74, 6) is -0.140. The third kappa shape index (κ3) is 3.86. The van der Waals surface area contributed by atoms with Gasteiger partial charge in [0.1, 0.15) is 11.6 Å². The molecule has 27 heavy (non-hydrogen) atoms. The summed E-state index contributed by atoms with van der Waals surface area (Å²) in [4.78, 5) is 25.5. The molecule has 3 rings (SSSR count). The van der Waals surface area contributed by atoms with E-state index in [1.807, 2.05) is 26.0 Å². The van der Waals surface area contributed by atoms with Crippen LogP contribution in [0.5, 0.6) is 5.75 Å². The third-order valence-electron chi connectivity index (χ3n) is 4.81. The van der Waals surface area contributed by atoms with E-state index in [-0.39, 0.29) is 23.3 Å². The monoisotopic (exact) mass is 388 g/mol. The molecule has 1 atom stereocenters. The Balaban J connectivity index is 1.82. The lowest BCUT2D eigenvalue weighted by molar-refractivity contribution is -0.137. The van der Waals surface area contributed by atoms with Crippen molar-refractivity contribution in [2.75, 3.05) is 12.9 Å². The zero-order chi connectivity index (χ0) is 19.6. The number of hydrogen-bond acceptors (Lipinski definition) is 5. The van der Waals surface area contributed by atoms with Gasteiger partial charge in [-0.15, -0.1) is 11.8 Å². The highest BCUT2D eigenvalue weighted by atomic mass is 32.2. The Morgan fingerprint density at radius 2 is 2.04 bits per heavy atom. The average Bonchev–Trinajstić information content (AvgIpc) is 3.05. The molecule has 1 heterocycles. The van der Waals surface area contributed by atoms with Crippen molar-refractivity contribution in [2.45, 2.75) is 37.2 Å². The molecule has 6 heteroatoms. The number of halogens is 1. The van der Waals surface area contributed by atoms with E-state index in [4.69, 9.17) is 4.74 Å². The van der Waals surface area contributed by atoms with Crippen LogP contribution in [0.3, 0.4) is 0 Å². The molecular formula is C21H21FO4S. The molecule has 0 bridgehead atoms. The maximum absolute atomic E-state index is 13.5.